The Kier molecular flexibility index (Phi) is 41.2. The number of hydrogen-bond acceptors (Lipinski definition) is 23. The molecule has 0 aliphatic carbocycles. The number of primary amides is 1. The predicted octanol–water partition coefficient (Wildman–Crippen LogP) is -0.222. The molecule has 43 heteroatoms. The highest BCUT2D eigenvalue weighted by Gasteiger charge is 2.48. The van der Waals surface area contributed by atoms with Crippen LogP contribution >= 0.6 is 11.8 Å². The molecule has 0 radical (unpaired) electrons. The number of benzene rings is 5. The van der Waals surface area contributed by atoms with Gasteiger partial charge < -0.3 is 120 Å². The largest absolute Gasteiger partial charge is 0.508 e. The van der Waals surface area contributed by atoms with Crippen molar-refractivity contribution in [2.75, 3.05) is 58.8 Å². The standard InChI is InChI=1S/C93H120F3N17O22S/c1-7-8-26-71(92(134)113-47-60(117)42-73(113)87(129)102-57(48-114)41-79(122)123)109(4)91(133)75(39-53-21-13-10-14-22-53)111(6)89(131)69(37-55-34-62(94)80(96)63(95)35-55)103-77(119)50-136-49-70(82(124)101-45-76(98)118)108-83(125)65(25-17-18-33-97)104-84(126)67(36-54-27-29-58(115)30-28-54)106-85(127)68(40-56-44-100-64-24-16-15-23-61(56)64)107-88(130)74-43-59(116)46-112(74)90(132)66(31-32-78(120)121)105-86(128)72(38-52-19-11-9-12-20-52)110(5)93(135)81(99)51(2)3/h9-16,19-24,27-30,34-35,44,48,51,57,59-60,65-75,81,100,115-117H,7-8,17-18,25-26,31-33,36-43,45-47,49-50,97,99H2,1-6H3,(H2,98,118)(H,101,124)(H,102,129)(H,103,119)(H,104,126)(H,105,128)(H,106,127)(H,107,130)(H,108,125)(H,120,121)(H,122,123)/t57-,59+,60+,65-,66-,67-,68-,69-,70-,71-,72?,73+,74+,75-,81-/m0/s1. The van der Waals surface area contributed by atoms with E-state index in [1.807, 2.05) is 0 Å². The molecule has 2 aliphatic rings. The first-order valence-electron chi connectivity index (χ1n) is 44.5. The van der Waals surface area contributed by atoms with Gasteiger partial charge in [0, 0.05) is 108 Å². The number of halogens is 3. The van der Waals surface area contributed by atoms with E-state index in [0.29, 0.717) is 69.9 Å². The number of rotatable bonds is 52. The summed E-state index contributed by atoms with van der Waals surface area (Å²) >= 11 is 0.629. The quantitative estimate of drug-likeness (QED) is 0.0133. The van der Waals surface area contributed by atoms with E-state index >= 15 is 42.3 Å². The van der Waals surface area contributed by atoms with Crippen molar-refractivity contribution in [1.29, 1.82) is 0 Å². The SMILES string of the molecule is CCCC[C@@H](C(=O)N1C[C@H](O)C[C@@H]1C(=O)N[C@H](C=O)CC(=O)O)N(C)C(=O)[C@H](Cc1ccccc1)N(C)C(=O)[C@H](Cc1cc(F)c(F)c(F)c1)NC(=O)CSC[C@H](NC(=O)[C@H](CCCCN)NC(=O)[C@H](Cc1ccc(O)cc1)NC(=O)[C@H](Cc1c[nH]c2ccccc12)NC(=O)[C@H]1C[C@@H](O)CN1C(=O)[C@H](CCC(=O)O)NC(=O)C(Cc1ccccc1)N(C)C(=O)[C@@H](N)C(C)C)C(=O)NCC(N)=O. The maximum absolute atomic E-state index is 15.5. The molecule has 15 atom stereocenters. The highest BCUT2D eigenvalue weighted by Crippen LogP contribution is 2.29. The fourth-order valence-corrected chi connectivity index (χ4v) is 16.9. The molecule has 0 bridgehead atoms. The first kappa shape index (κ1) is 108. The molecule has 736 valence electrons. The smallest absolute Gasteiger partial charge is 0.305 e. The highest BCUT2D eigenvalue weighted by molar-refractivity contribution is 8.00. The van der Waals surface area contributed by atoms with Crippen LogP contribution in [0.1, 0.15) is 119 Å². The van der Waals surface area contributed by atoms with E-state index in [1.165, 1.54) is 38.4 Å². The number of amides is 14. The van der Waals surface area contributed by atoms with Gasteiger partial charge in [0.1, 0.15) is 78.5 Å². The van der Waals surface area contributed by atoms with Gasteiger partial charge in [-0.1, -0.05) is 125 Å². The van der Waals surface area contributed by atoms with Crippen molar-refractivity contribution in [2.24, 2.45) is 23.1 Å². The number of nitrogens with one attached hydrogen (secondary N) is 9. The minimum atomic E-state index is -1.90. The number of carbonyl (C=O) groups excluding carboxylic acids is 15. The second-order valence-electron chi connectivity index (χ2n) is 34.2. The van der Waals surface area contributed by atoms with Gasteiger partial charge in [0.05, 0.1) is 43.0 Å². The number of unbranched alkanes of at least 4 members (excludes halogenated alkanes) is 2. The molecule has 136 heavy (non-hydrogen) atoms. The predicted molar refractivity (Wildman–Crippen MR) is 490 cm³/mol. The van der Waals surface area contributed by atoms with Crippen molar-refractivity contribution in [2.45, 2.75) is 214 Å². The van der Waals surface area contributed by atoms with Crippen molar-refractivity contribution in [3.8, 4) is 5.75 Å². The van der Waals surface area contributed by atoms with E-state index in [4.69, 9.17) is 17.2 Å². The molecule has 14 amide bonds. The van der Waals surface area contributed by atoms with Crippen LogP contribution in [0.25, 0.3) is 10.9 Å². The molecule has 2 fully saturated rings. The molecule has 6 aromatic rings. The van der Waals surface area contributed by atoms with Crippen LogP contribution in [-0.2, 0) is 114 Å². The number of aliphatic carboxylic acids is 2. The average molecular weight is 1920 g/mol. The Morgan fingerprint density at radius 3 is 1.64 bits per heavy atom. The van der Waals surface area contributed by atoms with Crippen LogP contribution in [-0.4, -0.2) is 306 Å². The number of phenols is 1. The molecule has 1 aromatic heterocycles. The van der Waals surface area contributed by atoms with Crippen molar-refractivity contribution in [3.05, 3.63) is 173 Å². The van der Waals surface area contributed by atoms with E-state index in [-0.39, 0.29) is 81.4 Å². The first-order chi connectivity index (χ1) is 64.6. The summed E-state index contributed by atoms with van der Waals surface area (Å²) in [6.07, 6.45) is -4.93. The maximum Gasteiger partial charge on any atom is 0.305 e. The number of aliphatic hydroxyl groups is 2. The second kappa shape index (κ2) is 51.9. The van der Waals surface area contributed by atoms with Crippen LogP contribution in [0.15, 0.2) is 128 Å². The van der Waals surface area contributed by atoms with E-state index in [9.17, 15) is 77.9 Å². The molecular weight excluding hydrogens is 1800 g/mol. The van der Waals surface area contributed by atoms with Crippen molar-refractivity contribution in [1.82, 2.24) is 72.0 Å². The summed E-state index contributed by atoms with van der Waals surface area (Å²) in [6, 6.07) is 9.62. The molecule has 3 heterocycles. The lowest BCUT2D eigenvalue weighted by Crippen LogP contribution is -2.61. The third-order valence-electron chi connectivity index (χ3n) is 23.6. The number of nitrogens with two attached hydrogens (primary N) is 3. The summed E-state index contributed by atoms with van der Waals surface area (Å²) in [7, 11) is 3.77. The lowest BCUT2D eigenvalue weighted by atomic mass is 9.99. The number of fused-ring (bicyclic) bond motifs is 1. The summed E-state index contributed by atoms with van der Waals surface area (Å²) in [5, 5.41) is 72.8. The van der Waals surface area contributed by atoms with Crippen molar-refractivity contribution < 1.29 is 120 Å². The minimum Gasteiger partial charge on any atom is -0.508 e. The van der Waals surface area contributed by atoms with Crippen LogP contribution in [0.3, 0.4) is 0 Å². The zero-order valence-corrected chi connectivity index (χ0v) is 77.0. The third kappa shape index (κ3) is 31.1. The van der Waals surface area contributed by atoms with Gasteiger partial charge in [-0.25, -0.2) is 13.2 Å². The number of aromatic nitrogens is 1. The van der Waals surface area contributed by atoms with Crippen LogP contribution in [0.5, 0.6) is 5.75 Å². The van der Waals surface area contributed by atoms with Crippen molar-refractivity contribution >= 4 is 124 Å². The van der Waals surface area contributed by atoms with Crippen LogP contribution in [0, 0.1) is 23.4 Å². The molecule has 1 unspecified atom stereocenters. The van der Waals surface area contributed by atoms with Crippen LogP contribution < -0.4 is 59.7 Å². The molecule has 5 aromatic carbocycles. The van der Waals surface area contributed by atoms with Gasteiger partial charge in [0.25, 0.3) is 0 Å². The molecule has 0 saturated carbocycles. The summed E-state index contributed by atoms with van der Waals surface area (Å²) < 4.78 is 44.9. The summed E-state index contributed by atoms with van der Waals surface area (Å²) in [4.78, 5) is 248. The molecule has 8 rings (SSSR count). The lowest BCUT2D eigenvalue weighted by molar-refractivity contribution is -0.152. The van der Waals surface area contributed by atoms with E-state index in [1.54, 1.807) is 112 Å². The number of thioether (sulfide) groups is 1. The molecular formula is C93H120F3N17O22S. The Balaban J connectivity index is 1.06. The number of likely N-dealkylation sites (tertiary alicyclic amines) is 2. The summed E-state index contributed by atoms with van der Waals surface area (Å²) in [6.45, 7) is 3.49. The molecule has 2 aliphatic heterocycles. The second-order valence-corrected chi connectivity index (χ2v) is 35.2. The summed E-state index contributed by atoms with van der Waals surface area (Å²) in [5.41, 5.74) is 19.6. The van der Waals surface area contributed by atoms with E-state index in [0.717, 1.165) is 31.5 Å². The zero-order valence-electron chi connectivity index (χ0n) is 76.2. The third-order valence-corrected chi connectivity index (χ3v) is 24.6. The van der Waals surface area contributed by atoms with Gasteiger partial charge in [-0.2, -0.15) is 0 Å². The number of aldehydes is 1. The Morgan fingerprint density at radius 1 is 0.544 bits per heavy atom. The number of aliphatic hydroxyl groups excluding tert-OH is 2. The number of aromatic hydroxyl groups is 1. The molecule has 2 saturated heterocycles. The van der Waals surface area contributed by atoms with Crippen molar-refractivity contribution in [3.63, 3.8) is 0 Å². The molecule has 20 N–H and O–H groups in total. The fraction of sp³-hybridized carbons (Fsp3) is 0.473. The van der Waals surface area contributed by atoms with E-state index in [2.05, 4.69) is 47.5 Å². The fourth-order valence-electron chi connectivity index (χ4n) is 16.0. The number of para-hydroxylation sites is 1. The highest BCUT2D eigenvalue weighted by atomic mass is 32.2. The number of aromatic amines is 1. The normalized spacial score (nSPS) is 17.0. The number of carbonyl (C=O) groups is 17. The molecule has 39 nitrogen and oxygen atoms in total. The lowest BCUT2D eigenvalue weighted by Gasteiger charge is -2.37. The van der Waals surface area contributed by atoms with Gasteiger partial charge in [-0.3, -0.25) is 76.7 Å². The van der Waals surface area contributed by atoms with Crippen LogP contribution in [0.2, 0.25) is 0 Å². The number of likely N-dealkylation sites (N-methyl/N-ethyl adjacent to an activating group) is 3. The van der Waals surface area contributed by atoms with E-state index < -0.39 is 273 Å². The number of phenolic OH excluding ortho intramolecular Hbond substituents is 1. The number of H-pyrrole nitrogens is 1. The van der Waals surface area contributed by atoms with Gasteiger partial charge in [0.2, 0.25) is 82.7 Å². The Bertz CT molecular complexity index is 5200. The van der Waals surface area contributed by atoms with Gasteiger partial charge in [0.15, 0.2) is 17.5 Å². The average Bonchev–Trinajstić information content (AvgIpc) is 1.66. The number of β-amino-alcohol motifs (C(OH)–C–C–N with tert-alkyl or cyclic N) is 2. The van der Waals surface area contributed by atoms with Gasteiger partial charge in [-0.05, 0) is 103 Å². The topological polar surface area (TPSA) is 598 Å². The number of hydrogen-bond donors (Lipinski definition) is 17. The van der Waals surface area contributed by atoms with Gasteiger partial charge in [-0.15, -0.1) is 11.8 Å². The monoisotopic (exact) mass is 1920 g/mol. The Labute approximate surface area is 786 Å². The maximum atomic E-state index is 15.5. The van der Waals surface area contributed by atoms with Gasteiger partial charge >= 0.3 is 11.9 Å². The number of carboxylic acid groups (broad SMARTS) is 2. The minimum absolute atomic E-state index is 0.0573. The number of carboxylic acids is 2. The zero-order chi connectivity index (χ0) is 99.9. The Morgan fingerprint density at radius 2 is 1.07 bits per heavy atom. The molecule has 0 spiro atoms. The Hall–Kier alpha value is -13.4. The first-order valence-corrected chi connectivity index (χ1v) is 45.7. The summed E-state index contributed by atoms with van der Waals surface area (Å²) in [5.74, 6) is -23.7. The van der Waals surface area contributed by atoms with Crippen LogP contribution in [0.4, 0.5) is 13.2 Å². The number of nitrogens with zero attached hydrogens (tertiary/aromatic N) is 5.